The van der Waals surface area contributed by atoms with Crippen molar-refractivity contribution in [2.45, 2.75) is 128 Å². The largest absolute Gasteiger partial charge is 0.492 e. The summed E-state index contributed by atoms with van der Waals surface area (Å²) in [6.07, 6.45) is 12.9. The third kappa shape index (κ3) is 8.01. The van der Waals surface area contributed by atoms with Gasteiger partial charge in [0.2, 0.25) is 5.95 Å². The molecular weight excluding hydrogens is 759 g/mol. The van der Waals surface area contributed by atoms with Gasteiger partial charge in [-0.25, -0.2) is 9.48 Å². The van der Waals surface area contributed by atoms with Gasteiger partial charge in [-0.05, 0) is 100 Å². The summed E-state index contributed by atoms with van der Waals surface area (Å²) in [6, 6.07) is 22.2. The molecule has 60 heavy (non-hydrogen) atoms. The molecule has 0 spiro atoms. The fourth-order valence-corrected chi connectivity index (χ4v) is 9.80. The maximum atomic E-state index is 14.3. The van der Waals surface area contributed by atoms with Gasteiger partial charge >= 0.3 is 12.5 Å². The Morgan fingerprint density at radius 3 is 2.48 bits per heavy atom. The van der Waals surface area contributed by atoms with Crippen molar-refractivity contribution in [3.05, 3.63) is 89.7 Å². The molecule has 14 nitrogen and oxygen atoms in total. The van der Waals surface area contributed by atoms with E-state index >= 15 is 0 Å². The third-order valence-corrected chi connectivity index (χ3v) is 13.0. The Bertz CT molecular complexity index is 2300. The van der Waals surface area contributed by atoms with Gasteiger partial charge in [-0.2, -0.15) is 5.10 Å². The summed E-state index contributed by atoms with van der Waals surface area (Å²) in [5, 5.41) is 18.1. The Balaban J connectivity index is 0.931. The van der Waals surface area contributed by atoms with Crippen LogP contribution in [0, 0.1) is 0 Å². The first-order valence-corrected chi connectivity index (χ1v) is 21.8. The lowest BCUT2D eigenvalue weighted by Crippen LogP contribution is -2.43. The van der Waals surface area contributed by atoms with Crippen LogP contribution in [0.3, 0.4) is 0 Å². The number of nitrogens with zero attached hydrogens (tertiary/aromatic N) is 8. The van der Waals surface area contributed by atoms with E-state index in [9.17, 15) is 9.59 Å². The first-order valence-electron chi connectivity index (χ1n) is 21.8. The van der Waals surface area contributed by atoms with Crippen molar-refractivity contribution >= 4 is 29.9 Å². The summed E-state index contributed by atoms with van der Waals surface area (Å²) in [7, 11) is 0. The summed E-state index contributed by atoms with van der Waals surface area (Å²) in [5.74, 6) is 2.55. The van der Waals surface area contributed by atoms with E-state index in [0.29, 0.717) is 60.6 Å². The first-order chi connectivity index (χ1) is 29.1. The minimum absolute atomic E-state index is 0.247. The number of rotatable bonds is 12. The number of nitrogens with one attached hydrogen (secondary N) is 1. The van der Waals surface area contributed by atoms with E-state index in [1.54, 1.807) is 10.7 Å². The summed E-state index contributed by atoms with van der Waals surface area (Å²) in [5.41, 5.74) is 3.73. The normalized spacial score (nSPS) is 22.9. The van der Waals surface area contributed by atoms with Crippen LogP contribution in [0.5, 0.6) is 11.5 Å². The van der Waals surface area contributed by atoms with Gasteiger partial charge in [-0.1, -0.05) is 57.5 Å². The number of hydroxylamine groups is 1. The standard InChI is InChI=1S/C46H57N9O5/c1-31-11-7-8-24-51(31)44-49-48-42-23-20-36(29-53(42)44)60-40-22-21-39(37-16-5-6-17-38(37)40)47-45(57)55(59-30-56)43-28-41(46(2,3)4)50-54(43)34-14-10-15-35(27-34)58-26-25-52-32-12-9-13-33(52)19-18-32/h5-6,10,14-17,20,23,27-33,39-40H,7-9,11-13,18-19,21-22,24-26H2,1-4H3,(H,47,57)/t31-,32?,33?,39-,40+/m0/s1. The van der Waals surface area contributed by atoms with E-state index in [-0.39, 0.29) is 24.0 Å². The van der Waals surface area contributed by atoms with Crippen molar-refractivity contribution in [2.24, 2.45) is 0 Å². The molecule has 2 amide bonds. The minimum atomic E-state index is -0.594. The fraction of sp³-hybridized carbons (Fsp3) is 0.500. The van der Waals surface area contributed by atoms with Gasteiger partial charge in [-0.15, -0.1) is 15.3 Å². The number of amides is 2. The second-order valence-corrected chi connectivity index (χ2v) is 17.9. The number of pyridine rings is 1. The highest BCUT2D eigenvalue weighted by molar-refractivity contribution is 5.90. The Hall–Kier alpha value is -5.63. The zero-order valence-electron chi connectivity index (χ0n) is 35.2. The van der Waals surface area contributed by atoms with Gasteiger partial charge in [0.05, 0.1) is 23.6 Å². The molecule has 316 valence electrons. The first kappa shape index (κ1) is 39.8. The van der Waals surface area contributed by atoms with Crippen LogP contribution in [0.4, 0.5) is 16.6 Å². The fourth-order valence-electron chi connectivity index (χ4n) is 9.80. The summed E-state index contributed by atoms with van der Waals surface area (Å²) >= 11 is 0. The Morgan fingerprint density at radius 2 is 1.70 bits per heavy atom. The molecule has 3 saturated heterocycles. The average Bonchev–Trinajstić information content (AvgIpc) is 3.94. The molecule has 4 aliphatic rings. The van der Waals surface area contributed by atoms with Gasteiger partial charge in [0.25, 0.3) is 0 Å². The van der Waals surface area contributed by atoms with Gasteiger partial charge in [0, 0.05) is 48.8 Å². The number of hydrogen-bond acceptors (Lipinski definition) is 10. The quantitative estimate of drug-likeness (QED) is 0.0971. The highest BCUT2D eigenvalue weighted by atomic mass is 16.7. The maximum absolute atomic E-state index is 14.3. The van der Waals surface area contributed by atoms with Crippen LogP contribution in [-0.4, -0.2) is 79.6 Å². The molecule has 0 saturated carbocycles. The van der Waals surface area contributed by atoms with Crippen LogP contribution < -0.4 is 24.8 Å². The molecule has 1 aliphatic carbocycles. The van der Waals surface area contributed by atoms with Crippen molar-refractivity contribution in [1.29, 1.82) is 0 Å². The van der Waals surface area contributed by atoms with E-state index < -0.39 is 6.03 Å². The van der Waals surface area contributed by atoms with Gasteiger partial charge in [-0.3, -0.25) is 14.1 Å². The number of carbonyl (C=O) groups is 2. The minimum Gasteiger partial charge on any atom is -0.492 e. The number of benzene rings is 2. The smallest absolute Gasteiger partial charge is 0.357 e. The molecule has 5 aromatic rings. The number of fused-ring (bicyclic) bond motifs is 4. The molecule has 0 radical (unpaired) electrons. The molecule has 2 aromatic carbocycles. The second kappa shape index (κ2) is 16.8. The molecule has 3 fully saturated rings. The van der Waals surface area contributed by atoms with Gasteiger partial charge in [0.15, 0.2) is 11.5 Å². The maximum Gasteiger partial charge on any atom is 0.357 e. The Morgan fingerprint density at radius 1 is 0.883 bits per heavy atom. The van der Waals surface area contributed by atoms with E-state index in [1.807, 2.05) is 71.3 Å². The zero-order chi connectivity index (χ0) is 41.4. The highest BCUT2D eigenvalue weighted by Crippen LogP contribution is 2.40. The van der Waals surface area contributed by atoms with Crippen molar-refractivity contribution in [2.75, 3.05) is 29.7 Å². The van der Waals surface area contributed by atoms with E-state index in [1.165, 1.54) is 38.5 Å². The van der Waals surface area contributed by atoms with Crippen LogP contribution in [0.2, 0.25) is 0 Å². The van der Waals surface area contributed by atoms with Crippen LogP contribution in [-0.2, 0) is 15.0 Å². The Labute approximate surface area is 351 Å². The predicted octanol–water partition coefficient (Wildman–Crippen LogP) is 8.25. The van der Waals surface area contributed by atoms with Crippen molar-refractivity contribution in [3.8, 4) is 17.2 Å². The lowest BCUT2D eigenvalue weighted by molar-refractivity contribution is -0.129. The van der Waals surface area contributed by atoms with Crippen LogP contribution in [0.1, 0.15) is 121 Å². The van der Waals surface area contributed by atoms with Crippen molar-refractivity contribution in [1.82, 2.24) is 34.6 Å². The van der Waals surface area contributed by atoms with Crippen LogP contribution in [0.25, 0.3) is 11.3 Å². The lowest BCUT2D eigenvalue weighted by Gasteiger charge is -2.34. The number of anilines is 2. The lowest BCUT2D eigenvalue weighted by atomic mass is 9.85. The monoisotopic (exact) mass is 815 g/mol. The number of ether oxygens (including phenoxy) is 2. The molecule has 5 atom stereocenters. The van der Waals surface area contributed by atoms with Crippen LogP contribution >= 0.6 is 0 Å². The molecule has 6 heterocycles. The zero-order valence-corrected chi connectivity index (χ0v) is 35.2. The van der Waals surface area contributed by atoms with Crippen molar-refractivity contribution in [3.63, 3.8) is 0 Å². The number of urea groups is 1. The topological polar surface area (TPSA) is 132 Å². The summed E-state index contributed by atoms with van der Waals surface area (Å²) < 4.78 is 16.7. The number of hydrogen-bond donors (Lipinski definition) is 1. The molecule has 2 unspecified atom stereocenters. The van der Waals surface area contributed by atoms with Gasteiger partial charge in [0.1, 0.15) is 24.2 Å². The molecule has 3 aliphatic heterocycles. The number of aromatic nitrogens is 5. The Kier molecular flexibility index (Phi) is 11.1. The van der Waals surface area contributed by atoms with E-state index in [0.717, 1.165) is 59.4 Å². The highest BCUT2D eigenvalue weighted by Gasteiger charge is 2.37. The number of piperidine rings is 2. The number of carbonyl (C=O) groups excluding carboxylic acids is 2. The molecule has 9 rings (SSSR count). The second-order valence-electron chi connectivity index (χ2n) is 17.9. The average molecular weight is 816 g/mol. The van der Waals surface area contributed by atoms with Crippen LogP contribution in [0.15, 0.2) is 72.9 Å². The SMILES string of the molecule is C[C@H]1CCCCN1c1nnc2ccc(O[C@@H]3CC[C@H](NC(=O)N(OC=O)c4cc(C(C)(C)C)nn4-c4cccc(OCCN5C6CCCC5CC6)c4)c4ccccc43)cn12. The predicted molar refractivity (Wildman–Crippen MR) is 229 cm³/mol. The molecular formula is C46H57N9O5. The third-order valence-electron chi connectivity index (χ3n) is 13.0. The molecule has 14 heteroatoms. The van der Waals surface area contributed by atoms with Crippen molar-refractivity contribution < 1.29 is 23.9 Å². The van der Waals surface area contributed by atoms with E-state index in [4.69, 9.17) is 19.4 Å². The summed E-state index contributed by atoms with van der Waals surface area (Å²) in [4.78, 5) is 36.9. The van der Waals surface area contributed by atoms with E-state index in [2.05, 4.69) is 53.0 Å². The van der Waals surface area contributed by atoms with Gasteiger partial charge < -0.3 is 24.5 Å². The molecule has 2 bridgehead atoms. The molecule has 3 aromatic heterocycles. The molecule has 1 N–H and O–H groups in total. The summed E-state index contributed by atoms with van der Waals surface area (Å²) in [6.45, 7) is 11.1.